The summed E-state index contributed by atoms with van der Waals surface area (Å²) in [6, 6.07) is 19.4. The van der Waals surface area contributed by atoms with Gasteiger partial charge in [-0.15, -0.1) is 0 Å². The quantitative estimate of drug-likeness (QED) is 0.347. The third-order valence-electron chi connectivity index (χ3n) is 4.37. The van der Waals surface area contributed by atoms with Crippen molar-refractivity contribution in [2.75, 3.05) is 7.11 Å². The number of carbonyl (C=O) groups excluding carboxylic acids is 1. The molecular weight excluding hydrogens is 542 g/mol. The van der Waals surface area contributed by atoms with Crippen molar-refractivity contribution in [1.82, 2.24) is 5.32 Å². The first-order chi connectivity index (χ1) is 15.4. The number of carboxylic acid groups (broad SMARTS) is 1. The Morgan fingerprint density at radius 3 is 2.34 bits per heavy atom. The number of carbonyl (C=O) groups is 2. The topological polar surface area (TPSA) is 84.9 Å². The van der Waals surface area contributed by atoms with Crippen LogP contribution in [0.15, 0.2) is 81.4 Å². The predicted octanol–water partition coefficient (Wildman–Crippen LogP) is 5.65. The van der Waals surface area contributed by atoms with Gasteiger partial charge in [-0.3, -0.25) is 4.79 Å². The molecule has 0 aliphatic heterocycles. The Morgan fingerprint density at radius 1 is 1.03 bits per heavy atom. The molecule has 0 bridgehead atoms. The van der Waals surface area contributed by atoms with Crippen LogP contribution in [0.2, 0.25) is 0 Å². The van der Waals surface area contributed by atoms with Gasteiger partial charge in [-0.2, -0.15) is 0 Å². The lowest BCUT2D eigenvalue weighted by atomic mass is 10.1. The number of aliphatic carboxylic acids is 1. The number of nitrogens with one attached hydrogen (secondary N) is 1. The standard InChI is InChI=1S/C24H19Br2NO5/c1-31-21-13-16(11-19(26)22(21)32-14-15-7-9-18(25)10-8-15)12-20(24(29)30)27-23(28)17-5-3-2-4-6-17/h2-13H,14H2,1H3,(H,27,28)(H,29,30)/b20-12+. The molecule has 0 saturated heterocycles. The molecule has 0 heterocycles. The smallest absolute Gasteiger partial charge is 0.352 e. The van der Waals surface area contributed by atoms with Crippen molar-refractivity contribution in [1.29, 1.82) is 0 Å². The summed E-state index contributed by atoms with van der Waals surface area (Å²) in [6.45, 7) is 0.324. The third kappa shape index (κ3) is 6.21. The van der Waals surface area contributed by atoms with E-state index in [1.54, 1.807) is 42.5 Å². The van der Waals surface area contributed by atoms with Gasteiger partial charge in [0.15, 0.2) is 11.5 Å². The van der Waals surface area contributed by atoms with Crippen molar-refractivity contribution in [3.63, 3.8) is 0 Å². The number of halogens is 2. The summed E-state index contributed by atoms with van der Waals surface area (Å²) in [7, 11) is 1.50. The van der Waals surface area contributed by atoms with Crippen molar-refractivity contribution in [3.05, 3.63) is 98.1 Å². The highest BCUT2D eigenvalue weighted by Crippen LogP contribution is 2.37. The van der Waals surface area contributed by atoms with E-state index in [1.165, 1.54) is 13.2 Å². The van der Waals surface area contributed by atoms with Crippen molar-refractivity contribution in [2.24, 2.45) is 0 Å². The van der Waals surface area contributed by atoms with Gasteiger partial charge in [0, 0.05) is 10.0 Å². The molecule has 3 aromatic carbocycles. The van der Waals surface area contributed by atoms with Crippen LogP contribution in [0.25, 0.3) is 6.08 Å². The lowest BCUT2D eigenvalue weighted by Gasteiger charge is -2.14. The second-order valence-electron chi connectivity index (χ2n) is 6.63. The number of benzene rings is 3. The van der Waals surface area contributed by atoms with Crippen LogP contribution < -0.4 is 14.8 Å². The van der Waals surface area contributed by atoms with Crippen LogP contribution >= 0.6 is 31.9 Å². The molecule has 0 spiro atoms. The minimum absolute atomic E-state index is 0.267. The summed E-state index contributed by atoms with van der Waals surface area (Å²) in [4.78, 5) is 24.1. The first kappa shape index (κ1) is 23.6. The van der Waals surface area contributed by atoms with E-state index in [-0.39, 0.29) is 5.70 Å². The van der Waals surface area contributed by atoms with Crippen LogP contribution in [0.5, 0.6) is 11.5 Å². The molecule has 0 unspecified atom stereocenters. The minimum atomic E-state index is -1.26. The Kier molecular flexibility index (Phi) is 8.08. The Balaban J connectivity index is 1.83. The molecule has 1 amide bonds. The Bertz CT molecular complexity index is 1150. The van der Waals surface area contributed by atoms with E-state index in [2.05, 4.69) is 37.2 Å². The molecule has 3 aromatic rings. The fourth-order valence-electron chi connectivity index (χ4n) is 2.80. The molecule has 8 heteroatoms. The summed E-state index contributed by atoms with van der Waals surface area (Å²) >= 11 is 6.86. The Morgan fingerprint density at radius 2 is 1.72 bits per heavy atom. The predicted molar refractivity (Wildman–Crippen MR) is 129 cm³/mol. The number of carboxylic acids is 1. The number of methoxy groups -OCH3 is 1. The first-order valence-electron chi connectivity index (χ1n) is 9.43. The zero-order valence-corrected chi connectivity index (χ0v) is 20.1. The molecule has 0 saturated carbocycles. The molecule has 2 N–H and O–H groups in total. The number of rotatable bonds is 8. The van der Waals surface area contributed by atoms with Gasteiger partial charge in [0.05, 0.1) is 11.6 Å². The highest BCUT2D eigenvalue weighted by Gasteiger charge is 2.16. The van der Waals surface area contributed by atoms with E-state index < -0.39 is 11.9 Å². The zero-order valence-electron chi connectivity index (χ0n) is 17.0. The fraction of sp³-hybridized carbons (Fsp3) is 0.0833. The normalized spacial score (nSPS) is 11.0. The first-order valence-corrected chi connectivity index (χ1v) is 11.0. The molecule has 0 fully saturated rings. The van der Waals surface area contributed by atoms with Gasteiger partial charge in [-0.05, 0) is 69.5 Å². The Hall–Kier alpha value is -3.10. The fourth-order valence-corrected chi connectivity index (χ4v) is 3.64. The highest BCUT2D eigenvalue weighted by molar-refractivity contribution is 9.10. The van der Waals surface area contributed by atoms with Crippen LogP contribution in [0.3, 0.4) is 0 Å². The summed E-state index contributed by atoms with van der Waals surface area (Å²) in [5.74, 6) is -0.876. The summed E-state index contributed by atoms with van der Waals surface area (Å²) < 4.78 is 12.9. The van der Waals surface area contributed by atoms with Crippen molar-refractivity contribution < 1.29 is 24.2 Å². The monoisotopic (exact) mass is 559 g/mol. The molecule has 0 radical (unpaired) electrons. The molecule has 164 valence electrons. The number of amides is 1. The average Bonchev–Trinajstić information content (AvgIpc) is 2.79. The Labute approximate surface area is 202 Å². The van der Waals surface area contributed by atoms with Crippen molar-refractivity contribution in [3.8, 4) is 11.5 Å². The maximum atomic E-state index is 12.4. The SMILES string of the molecule is COc1cc(/C=C(/NC(=O)c2ccccc2)C(=O)O)cc(Br)c1OCc1ccc(Br)cc1. The van der Waals surface area contributed by atoms with Crippen LogP contribution in [0.4, 0.5) is 0 Å². The van der Waals surface area contributed by atoms with Gasteiger partial charge in [0.1, 0.15) is 12.3 Å². The van der Waals surface area contributed by atoms with E-state index >= 15 is 0 Å². The van der Waals surface area contributed by atoms with Crippen LogP contribution in [-0.2, 0) is 11.4 Å². The van der Waals surface area contributed by atoms with Crippen molar-refractivity contribution in [2.45, 2.75) is 6.61 Å². The highest BCUT2D eigenvalue weighted by atomic mass is 79.9. The maximum Gasteiger partial charge on any atom is 0.352 e. The van der Waals surface area contributed by atoms with Crippen LogP contribution in [-0.4, -0.2) is 24.1 Å². The van der Waals surface area contributed by atoms with Gasteiger partial charge in [-0.1, -0.05) is 46.3 Å². The number of hydrogen-bond donors (Lipinski definition) is 2. The molecule has 3 rings (SSSR count). The molecular formula is C24H19Br2NO5. The largest absolute Gasteiger partial charge is 0.493 e. The van der Waals surface area contributed by atoms with E-state index in [4.69, 9.17) is 9.47 Å². The molecule has 0 aliphatic carbocycles. The van der Waals surface area contributed by atoms with Crippen molar-refractivity contribution >= 4 is 49.8 Å². The second kappa shape index (κ2) is 11.0. The van der Waals surface area contributed by atoms with E-state index in [9.17, 15) is 14.7 Å². The molecule has 32 heavy (non-hydrogen) atoms. The summed E-state index contributed by atoms with van der Waals surface area (Å²) in [5.41, 5.74) is 1.57. The lowest BCUT2D eigenvalue weighted by Crippen LogP contribution is -2.27. The van der Waals surface area contributed by atoms with E-state index in [1.807, 2.05) is 24.3 Å². The average molecular weight is 561 g/mol. The zero-order chi connectivity index (χ0) is 23.1. The number of ether oxygens (including phenoxy) is 2. The summed E-state index contributed by atoms with van der Waals surface area (Å²) in [6.07, 6.45) is 1.36. The third-order valence-corrected chi connectivity index (χ3v) is 5.49. The second-order valence-corrected chi connectivity index (χ2v) is 8.40. The summed E-state index contributed by atoms with van der Waals surface area (Å²) in [5, 5.41) is 12.0. The molecule has 0 aromatic heterocycles. The van der Waals surface area contributed by atoms with Gasteiger partial charge >= 0.3 is 5.97 Å². The van der Waals surface area contributed by atoms with E-state index in [0.717, 1.165) is 10.0 Å². The van der Waals surface area contributed by atoms with Gasteiger partial charge < -0.3 is 19.9 Å². The molecule has 6 nitrogen and oxygen atoms in total. The van der Waals surface area contributed by atoms with Crippen LogP contribution in [0.1, 0.15) is 21.5 Å². The molecule has 0 aliphatic rings. The van der Waals surface area contributed by atoms with Gasteiger partial charge in [-0.25, -0.2) is 4.79 Å². The number of hydrogen-bond acceptors (Lipinski definition) is 4. The lowest BCUT2D eigenvalue weighted by molar-refractivity contribution is -0.132. The van der Waals surface area contributed by atoms with E-state index in [0.29, 0.717) is 33.7 Å². The minimum Gasteiger partial charge on any atom is -0.493 e. The maximum absolute atomic E-state index is 12.4. The van der Waals surface area contributed by atoms with Crippen LogP contribution in [0, 0.1) is 0 Å². The molecule has 0 atom stereocenters. The van der Waals surface area contributed by atoms with Gasteiger partial charge in [0.25, 0.3) is 5.91 Å². The van der Waals surface area contributed by atoms with Gasteiger partial charge in [0.2, 0.25) is 0 Å².